The maximum atomic E-state index is 13.3. The number of aliphatic hydroxyl groups is 1. The molecule has 1 aromatic rings. The summed E-state index contributed by atoms with van der Waals surface area (Å²) < 4.78 is 39.2. The van der Waals surface area contributed by atoms with E-state index in [1.807, 2.05) is 0 Å². The SMILES string of the molecule is O=S(=O)(c1ccc(F)c(B(O)O)c1)N1CCC(O)CC1. The molecule has 1 saturated heterocycles. The molecular formula is C11H15BFNO5S. The quantitative estimate of drug-likeness (QED) is 0.600. The topological polar surface area (TPSA) is 98.1 Å². The summed E-state index contributed by atoms with van der Waals surface area (Å²) in [5, 5.41) is 27.4. The molecule has 1 heterocycles. The molecule has 0 saturated carbocycles. The van der Waals surface area contributed by atoms with Gasteiger partial charge in [-0.2, -0.15) is 4.31 Å². The lowest BCUT2D eigenvalue weighted by Gasteiger charge is -2.28. The molecule has 0 spiro atoms. The maximum Gasteiger partial charge on any atom is 0.491 e. The van der Waals surface area contributed by atoms with E-state index >= 15 is 0 Å². The Hall–Kier alpha value is -0.995. The van der Waals surface area contributed by atoms with Crippen LogP contribution < -0.4 is 5.46 Å². The summed E-state index contributed by atoms with van der Waals surface area (Å²) in [6.07, 6.45) is 0.177. The first-order valence-corrected chi connectivity index (χ1v) is 7.60. The molecular weight excluding hydrogens is 288 g/mol. The molecule has 1 aliphatic heterocycles. The highest BCUT2D eigenvalue weighted by Gasteiger charge is 2.30. The van der Waals surface area contributed by atoms with E-state index in [0.717, 1.165) is 18.2 Å². The summed E-state index contributed by atoms with van der Waals surface area (Å²) in [4.78, 5) is -0.196. The third-order valence-corrected chi connectivity index (χ3v) is 5.20. The molecule has 1 aromatic carbocycles. The summed E-state index contributed by atoms with van der Waals surface area (Å²) in [5.74, 6) is -0.881. The lowest BCUT2D eigenvalue weighted by molar-refractivity contribution is 0.113. The van der Waals surface area contributed by atoms with E-state index in [9.17, 15) is 17.9 Å². The highest BCUT2D eigenvalue weighted by molar-refractivity contribution is 7.89. The van der Waals surface area contributed by atoms with E-state index < -0.39 is 34.5 Å². The Labute approximate surface area is 116 Å². The highest BCUT2D eigenvalue weighted by Crippen LogP contribution is 2.20. The van der Waals surface area contributed by atoms with Gasteiger partial charge in [0.1, 0.15) is 5.82 Å². The first-order valence-electron chi connectivity index (χ1n) is 6.16. The monoisotopic (exact) mass is 303 g/mol. The smallest absolute Gasteiger partial charge is 0.423 e. The van der Waals surface area contributed by atoms with Crippen molar-refractivity contribution in [2.45, 2.75) is 23.8 Å². The van der Waals surface area contributed by atoms with Crippen molar-refractivity contribution in [1.82, 2.24) is 4.31 Å². The third-order valence-electron chi connectivity index (χ3n) is 3.31. The van der Waals surface area contributed by atoms with E-state index in [-0.39, 0.29) is 18.0 Å². The molecule has 1 fully saturated rings. The molecule has 3 N–H and O–H groups in total. The van der Waals surface area contributed by atoms with Gasteiger partial charge in [-0.1, -0.05) is 0 Å². The maximum absolute atomic E-state index is 13.3. The van der Waals surface area contributed by atoms with Gasteiger partial charge in [0.2, 0.25) is 10.0 Å². The summed E-state index contributed by atoms with van der Waals surface area (Å²) in [6, 6.07) is 2.89. The van der Waals surface area contributed by atoms with Crippen LogP contribution in [0.3, 0.4) is 0 Å². The minimum absolute atomic E-state index is 0.178. The number of sulfonamides is 1. The summed E-state index contributed by atoms with van der Waals surface area (Å²) in [7, 11) is -5.90. The molecule has 0 unspecified atom stereocenters. The van der Waals surface area contributed by atoms with Crippen LogP contribution in [0.15, 0.2) is 23.1 Å². The number of halogens is 1. The van der Waals surface area contributed by atoms with Gasteiger partial charge in [-0.25, -0.2) is 12.8 Å². The van der Waals surface area contributed by atoms with Crippen molar-refractivity contribution in [3.05, 3.63) is 24.0 Å². The lowest BCUT2D eigenvalue weighted by Crippen LogP contribution is -2.41. The number of nitrogens with zero attached hydrogens (tertiary/aromatic N) is 1. The van der Waals surface area contributed by atoms with Gasteiger partial charge in [-0.15, -0.1) is 0 Å². The molecule has 0 radical (unpaired) electrons. The van der Waals surface area contributed by atoms with Crippen LogP contribution in [0, 0.1) is 5.82 Å². The molecule has 0 atom stereocenters. The summed E-state index contributed by atoms with van der Waals surface area (Å²) in [5.41, 5.74) is -0.483. The zero-order chi connectivity index (χ0) is 14.9. The predicted molar refractivity (Wildman–Crippen MR) is 70.2 cm³/mol. The standard InChI is InChI=1S/C11H15BFNO5S/c13-11-2-1-9(7-10(11)12(16)17)20(18,19)14-5-3-8(15)4-6-14/h1-2,7-8,15-17H,3-6H2. The molecule has 1 aliphatic rings. The van der Waals surface area contributed by atoms with Gasteiger partial charge in [0, 0.05) is 18.6 Å². The van der Waals surface area contributed by atoms with Crippen LogP contribution in [0.1, 0.15) is 12.8 Å². The third kappa shape index (κ3) is 3.02. The van der Waals surface area contributed by atoms with Crippen molar-refractivity contribution in [1.29, 1.82) is 0 Å². The minimum Gasteiger partial charge on any atom is -0.423 e. The highest BCUT2D eigenvalue weighted by atomic mass is 32.2. The van der Waals surface area contributed by atoms with Crippen molar-refractivity contribution in [3.8, 4) is 0 Å². The van der Waals surface area contributed by atoms with Crippen LogP contribution in [-0.2, 0) is 10.0 Å². The fourth-order valence-electron chi connectivity index (χ4n) is 2.11. The second-order valence-electron chi connectivity index (χ2n) is 4.69. The van der Waals surface area contributed by atoms with Crippen LogP contribution >= 0.6 is 0 Å². The lowest BCUT2D eigenvalue weighted by atomic mass is 9.80. The van der Waals surface area contributed by atoms with Crippen molar-refractivity contribution >= 4 is 22.6 Å². The number of benzene rings is 1. The molecule has 0 amide bonds. The van der Waals surface area contributed by atoms with E-state index in [1.165, 1.54) is 4.31 Å². The van der Waals surface area contributed by atoms with Crippen molar-refractivity contribution in [2.75, 3.05) is 13.1 Å². The molecule has 110 valence electrons. The van der Waals surface area contributed by atoms with Crippen LogP contribution in [0.4, 0.5) is 4.39 Å². The fourth-order valence-corrected chi connectivity index (χ4v) is 3.62. The fraction of sp³-hybridized carbons (Fsp3) is 0.455. The zero-order valence-corrected chi connectivity index (χ0v) is 11.4. The molecule has 6 nitrogen and oxygen atoms in total. The van der Waals surface area contributed by atoms with Gasteiger partial charge in [-0.05, 0) is 31.0 Å². The van der Waals surface area contributed by atoms with E-state index in [0.29, 0.717) is 12.8 Å². The van der Waals surface area contributed by atoms with Gasteiger partial charge < -0.3 is 15.2 Å². The van der Waals surface area contributed by atoms with Crippen molar-refractivity contribution in [2.24, 2.45) is 0 Å². The molecule has 20 heavy (non-hydrogen) atoms. The average molecular weight is 303 g/mol. The van der Waals surface area contributed by atoms with E-state index in [1.54, 1.807) is 0 Å². The van der Waals surface area contributed by atoms with Crippen LogP contribution in [0.5, 0.6) is 0 Å². The molecule has 0 bridgehead atoms. The number of piperidine rings is 1. The molecule has 0 aromatic heterocycles. The molecule has 9 heteroatoms. The first kappa shape index (κ1) is 15.4. The first-order chi connectivity index (χ1) is 9.32. The van der Waals surface area contributed by atoms with Gasteiger partial charge >= 0.3 is 7.12 Å². The second kappa shape index (κ2) is 5.78. The Kier molecular flexibility index (Phi) is 4.45. The van der Waals surface area contributed by atoms with E-state index in [4.69, 9.17) is 10.0 Å². The van der Waals surface area contributed by atoms with Crippen LogP contribution in [0.25, 0.3) is 0 Å². The Morgan fingerprint density at radius 1 is 1.25 bits per heavy atom. The molecule has 0 aliphatic carbocycles. The molecule has 2 rings (SSSR count). The Balaban J connectivity index is 2.32. The second-order valence-corrected chi connectivity index (χ2v) is 6.63. The van der Waals surface area contributed by atoms with Gasteiger partial charge in [0.25, 0.3) is 0 Å². The largest absolute Gasteiger partial charge is 0.491 e. The Bertz CT molecular complexity index is 586. The van der Waals surface area contributed by atoms with Crippen molar-refractivity contribution < 1.29 is 28.0 Å². The summed E-state index contributed by atoms with van der Waals surface area (Å²) in [6.45, 7) is 0.357. The number of rotatable bonds is 3. The van der Waals surface area contributed by atoms with Crippen LogP contribution in [-0.4, -0.2) is 54.2 Å². The normalized spacial score (nSPS) is 18.2. The van der Waals surface area contributed by atoms with Gasteiger partial charge in [0.15, 0.2) is 0 Å². The van der Waals surface area contributed by atoms with Crippen molar-refractivity contribution in [3.63, 3.8) is 0 Å². The number of hydrogen-bond acceptors (Lipinski definition) is 5. The average Bonchev–Trinajstić information content (AvgIpc) is 2.39. The Morgan fingerprint density at radius 3 is 2.40 bits per heavy atom. The minimum atomic E-state index is -3.82. The zero-order valence-electron chi connectivity index (χ0n) is 10.6. The van der Waals surface area contributed by atoms with Gasteiger partial charge in [-0.3, -0.25) is 0 Å². The number of hydrogen-bond donors (Lipinski definition) is 3. The predicted octanol–water partition coefficient (Wildman–Crippen LogP) is -1.35. The van der Waals surface area contributed by atoms with Crippen LogP contribution in [0.2, 0.25) is 0 Å². The number of aliphatic hydroxyl groups excluding tert-OH is 1. The Morgan fingerprint density at radius 2 is 1.85 bits per heavy atom. The van der Waals surface area contributed by atoms with E-state index in [2.05, 4.69) is 0 Å². The van der Waals surface area contributed by atoms with Gasteiger partial charge in [0.05, 0.1) is 11.0 Å². The summed E-state index contributed by atoms with van der Waals surface area (Å²) >= 11 is 0.